The van der Waals surface area contributed by atoms with Gasteiger partial charge in [-0.2, -0.15) is 0 Å². The molecule has 0 saturated carbocycles. The molecule has 1 aliphatic heterocycles. The first kappa shape index (κ1) is 18.3. The third-order valence-electron chi connectivity index (χ3n) is 4.17. The Morgan fingerprint density at radius 2 is 2.22 bits per heavy atom. The van der Waals surface area contributed by atoms with Gasteiger partial charge in [-0.05, 0) is 31.7 Å². The molecule has 2 N–H and O–H groups in total. The van der Waals surface area contributed by atoms with Crippen LogP contribution in [0.3, 0.4) is 0 Å². The molecule has 6 nitrogen and oxygen atoms in total. The molecule has 2 heterocycles. The van der Waals surface area contributed by atoms with E-state index in [1.807, 2.05) is 6.92 Å². The number of amides is 1. The van der Waals surface area contributed by atoms with E-state index in [1.165, 1.54) is 11.3 Å². The van der Waals surface area contributed by atoms with E-state index in [9.17, 15) is 9.90 Å². The molecule has 1 aliphatic rings. The Kier molecular flexibility index (Phi) is 6.92. The van der Waals surface area contributed by atoms with E-state index in [0.717, 1.165) is 43.7 Å². The standard InChI is InChI=1S/C16H28N4O2S/c1-4-13(21)12-7-5-6-8-20(12)10-14(22)17-16-19-18-15(23-16)9-11(2)3/h11-13,21H,4-10H2,1-3H3,(H,17,19,22). The summed E-state index contributed by atoms with van der Waals surface area (Å²) < 4.78 is 0. The minimum absolute atomic E-state index is 0.0764. The van der Waals surface area contributed by atoms with Crippen molar-refractivity contribution in [1.29, 1.82) is 0 Å². The Labute approximate surface area is 142 Å². The van der Waals surface area contributed by atoms with Gasteiger partial charge in [-0.3, -0.25) is 15.0 Å². The molecule has 1 saturated heterocycles. The highest BCUT2D eigenvalue weighted by Crippen LogP contribution is 2.22. The van der Waals surface area contributed by atoms with Crippen LogP contribution in [-0.2, 0) is 11.2 Å². The third kappa shape index (κ3) is 5.51. The molecule has 2 rings (SSSR count). The molecule has 1 amide bonds. The maximum Gasteiger partial charge on any atom is 0.240 e. The Hall–Kier alpha value is -1.05. The second-order valence-corrected chi connectivity index (χ2v) is 7.72. The topological polar surface area (TPSA) is 78.4 Å². The van der Waals surface area contributed by atoms with E-state index in [-0.39, 0.29) is 18.1 Å². The second-order valence-electron chi connectivity index (χ2n) is 6.66. The number of piperidine rings is 1. The number of nitrogens with one attached hydrogen (secondary N) is 1. The van der Waals surface area contributed by atoms with Crippen LogP contribution in [0.1, 0.15) is 51.5 Å². The van der Waals surface area contributed by atoms with Crippen LogP contribution >= 0.6 is 11.3 Å². The van der Waals surface area contributed by atoms with Crippen LogP contribution in [-0.4, -0.2) is 51.3 Å². The first-order chi connectivity index (χ1) is 11.0. The van der Waals surface area contributed by atoms with E-state index >= 15 is 0 Å². The van der Waals surface area contributed by atoms with Gasteiger partial charge in [0.1, 0.15) is 5.01 Å². The van der Waals surface area contributed by atoms with Crippen molar-refractivity contribution in [2.45, 2.75) is 65.0 Å². The number of anilines is 1. The van der Waals surface area contributed by atoms with E-state index in [0.29, 0.717) is 17.6 Å². The molecule has 130 valence electrons. The molecule has 2 unspecified atom stereocenters. The summed E-state index contributed by atoms with van der Waals surface area (Å²) in [6.07, 6.45) is 4.40. The quantitative estimate of drug-likeness (QED) is 0.796. The van der Waals surface area contributed by atoms with Crippen LogP contribution in [0.5, 0.6) is 0 Å². The SMILES string of the molecule is CCC(O)C1CCCCN1CC(=O)Nc1nnc(CC(C)C)s1. The number of nitrogens with zero attached hydrogens (tertiary/aromatic N) is 3. The van der Waals surface area contributed by atoms with E-state index in [1.54, 1.807) is 0 Å². The Morgan fingerprint density at radius 1 is 1.43 bits per heavy atom. The van der Waals surface area contributed by atoms with Crippen molar-refractivity contribution in [2.75, 3.05) is 18.4 Å². The molecule has 2 atom stereocenters. The fraction of sp³-hybridized carbons (Fsp3) is 0.812. The lowest BCUT2D eigenvalue weighted by atomic mass is 9.96. The van der Waals surface area contributed by atoms with Crippen LogP contribution in [0.4, 0.5) is 5.13 Å². The van der Waals surface area contributed by atoms with Crippen LogP contribution in [0, 0.1) is 5.92 Å². The number of rotatable bonds is 7. The molecule has 7 heteroatoms. The van der Waals surface area contributed by atoms with Gasteiger partial charge >= 0.3 is 0 Å². The van der Waals surface area contributed by atoms with Crippen molar-refractivity contribution < 1.29 is 9.90 Å². The van der Waals surface area contributed by atoms with Crippen LogP contribution in [0.2, 0.25) is 0 Å². The third-order valence-corrected chi connectivity index (χ3v) is 5.03. The predicted molar refractivity (Wildman–Crippen MR) is 92.6 cm³/mol. The average Bonchev–Trinajstić information content (AvgIpc) is 2.93. The van der Waals surface area contributed by atoms with E-state index in [2.05, 4.69) is 34.3 Å². The first-order valence-corrected chi connectivity index (χ1v) is 9.35. The largest absolute Gasteiger partial charge is 0.392 e. The molecule has 0 radical (unpaired) electrons. The molecule has 1 aromatic heterocycles. The lowest BCUT2D eigenvalue weighted by Gasteiger charge is -2.37. The van der Waals surface area contributed by atoms with Crippen molar-refractivity contribution in [2.24, 2.45) is 5.92 Å². The summed E-state index contributed by atoms with van der Waals surface area (Å²) in [6, 6.07) is 0.0884. The minimum atomic E-state index is -0.359. The highest BCUT2D eigenvalue weighted by atomic mass is 32.1. The average molecular weight is 340 g/mol. The summed E-state index contributed by atoms with van der Waals surface area (Å²) in [5, 5.41) is 22.7. The number of hydrogen-bond donors (Lipinski definition) is 2. The van der Waals surface area contributed by atoms with Gasteiger partial charge in [0.05, 0.1) is 12.6 Å². The van der Waals surface area contributed by atoms with E-state index < -0.39 is 0 Å². The summed E-state index contributed by atoms with van der Waals surface area (Å²) in [7, 11) is 0. The number of aliphatic hydroxyl groups is 1. The summed E-state index contributed by atoms with van der Waals surface area (Å²) in [5.41, 5.74) is 0. The second kappa shape index (κ2) is 8.70. The monoisotopic (exact) mass is 340 g/mol. The van der Waals surface area contributed by atoms with Gasteiger partial charge in [0.15, 0.2) is 0 Å². The molecule has 0 aliphatic carbocycles. The number of carbonyl (C=O) groups is 1. The van der Waals surface area contributed by atoms with Gasteiger partial charge in [0.2, 0.25) is 11.0 Å². The molecule has 0 aromatic carbocycles. The van der Waals surface area contributed by atoms with Crippen molar-refractivity contribution in [3.05, 3.63) is 5.01 Å². The van der Waals surface area contributed by atoms with Crippen LogP contribution < -0.4 is 5.32 Å². The fourth-order valence-electron chi connectivity index (χ4n) is 3.00. The zero-order valence-electron chi connectivity index (χ0n) is 14.3. The molecular weight excluding hydrogens is 312 g/mol. The maximum atomic E-state index is 12.3. The predicted octanol–water partition coefficient (Wildman–Crippen LogP) is 2.30. The van der Waals surface area contributed by atoms with Gasteiger partial charge in [-0.1, -0.05) is 38.5 Å². The molecule has 1 aromatic rings. The molecule has 0 spiro atoms. The Balaban J connectivity index is 1.89. The number of aliphatic hydroxyl groups excluding tert-OH is 1. The summed E-state index contributed by atoms with van der Waals surface area (Å²) >= 11 is 1.44. The van der Waals surface area contributed by atoms with Crippen molar-refractivity contribution in [1.82, 2.24) is 15.1 Å². The molecule has 1 fully saturated rings. The normalized spacial score (nSPS) is 20.7. The van der Waals surface area contributed by atoms with Crippen molar-refractivity contribution in [3.8, 4) is 0 Å². The summed E-state index contributed by atoms with van der Waals surface area (Å²) in [4.78, 5) is 14.4. The van der Waals surface area contributed by atoms with Crippen LogP contribution in [0.15, 0.2) is 0 Å². The smallest absolute Gasteiger partial charge is 0.240 e. The van der Waals surface area contributed by atoms with Gasteiger partial charge in [-0.25, -0.2) is 0 Å². The lowest BCUT2D eigenvalue weighted by molar-refractivity contribution is -0.119. The van der Waals surface area contributed by atoms with Crippen molar-refractivity contribution >= 4 is 22.4 Å². The number of carbonyl (C=O) groups excluding carboxylic acids is 1. The molecule has 0 bridgehead atoms. The lowest BCUT2D eigenvalue weighted by Crippen LogP contribution is -2.49. The Morgan fingerprint density at radius 3 is 2.91 bits per heavy atom. The van der Waals surface area contributed by atoms with Gasteiger partial charge in [0.25, 0.3) is 0 Å². The summed E-state index contributed by atoms with van der Waals surface area (Å²) in [5.74, 6) is 0.448. The molecular formula is C16H28N4O2S. The highest BCUT2D eigenvalue weighted by molar-refractivity contribution is 7.15. The fourth-order valence-corrected chi connectivity index (χ4v) is 3.97. The van der Waals surface area contributed by atoms with Gasteiger partial charge < -0.3 is 5.11 Å². The van der Waals surface area contributed by atoms with Crippen molar-refractivity contribution in [3.63, 3.8) is 0 Å². The minimum Gasteiger partial charge on any atom is -0.392 e. The first-order valence-electron chi connectivity index (χ1n) is 8.54. The zero-order valence-corrected chi connectivity index (χ0v) is 15.1. The number of likely N-dealkylation sites (tertiary alicyclic amines) is 1. The zero-order chi connectivity index (χ0) is 16.8. The van der Waals surface area contributed by atoms with Gasteiger partial charge in [-0.15, -0.1) is 10.2 Å². The Bertz CT molecular complexity index is 506. The maximum absolute atomic E-state index is 12.3. The van der Waals surface area contributed by atoms with Crippen LogP contribution in [0.25, 0.3) is 0 Å². The van der Waals surface area contributed by atoms with Gasteiger partial charge in [0, 0.05) is 12.5 Å². The number of aromatic nitrogens is 2. The van der Waals surface area contributed by atoms with E-state index in [4.69, 9.17) is 0 Å². The molecule has 23 heavy (non-hydrogen) atoms. The number of hydrogen-bond acceptors (Lipinski definition) is 6. The summed E-state index contributed by atoms with van der Waals surface area (Å²) in [6.45, 7) is 7.42. The highest BCUT2D eigenvalue weighted by Gasteiger charge is 2.29.